The van der Waals surface area contributed by atoms with Crippen molar-refractivity contribution in [1.29, 1.82) is 0 Å². The molecule has 4 heteroatoms. The molecule has 1 heterocycles. The number of fused-ring (bicyclic) bond motifs is 1. The average Bonchev–Trinajstić information content (AvgIpc) is 2.16. The largest absolute Gasteiger partial charge is 0.493 e. The van der Waals surface area contributed by atoms with Crippen LogP contribution in [0.15, 0.2) is 30.3 Å². The predicted octanol–water partition coefficient (Wildman–Crippen LogP) is 2.05. The van der Waals surface area contributed by atoms with Crippen molar-refractivity contribution < 1.29 is 14.3 Å². The number of carbonyl (C=O) groups is 1. The molecule has 2 aromatic rings. The molecule has 0 spiro atoms. The van der Waals surface area contributed by atoms with Gasteiger partial charge in [0.1, 0.15) is 0 Å². The van der Waals surface area contributed by atoms with E-state index in [1.54, 1.807) is 24.3 Å². The van der Waals surface area contributed by atoms with Crippen molar-refractivity contribution in [2.24, 2.45) is 0 Å². The van der Waals surface area contributed by atoms with E-state index in [0.29, 0.717) is 10.9 Å². The van der Waals surface area contributed by atoms with Gasteiger partial charge >= 0.3 is 6.04 Å². The Hall–Kier alpha value is -1.97. The zero-order chi connectivity index (χ0) is 10.1. The van der Waals surface area contributed by atoms with Gasteiger partial charge in [0, 0.05) is 11.5 Å². The van der Waals surface area contributed by atoms with Crippen molar-refractivity contribution in [2.45, 2.75) is 0 Å². The quantitative estimate of drug-likeness (QED) is 0.702. The Morgan fingerprint density at radius 1 is 1.36 bits per heavy atom. The van der Waals surface area contributed by atoms with Gasteiger partial charge in [-0.05, 0) is 6.07 Å². The van der Waals surface area contributed by atoms with E-state index < -0.39 is 6.04 Å². The number of benzene rings is 1. The number of rotatable bonds is 1. The third-order valence-corrected chi connectivity index (χ3v) is 1.91. The molecule has 14 heavy (non-hydrogen) atoms. The Bertz CT molecular complexity index is 510. The number of para-hydroxylation sites is 1. The van der Waals surface area contributed by atoms with Gasteiger partial charge in [0.25, 0.3) is 0 Å². The fourth-order valence-electron chi connectivity index (χ4n) is 1.32. The second-order valence-corrected chi connectivity index (χ2v) is 2.82. The van der Waals surface area contributed by atoms with E-state index >= 15 is 0 Å². The number of aromatic nitrogens is 1. The fourth-order valence-corrected chi connectivity index (χ4v) is 1.32. The van der Waals surface area contributed by atoms with Crippen LogP contribution in [0.3, 0.4) is 0 Å². The summed E-state index contributed by atoms with van der Waals surface area (Å²) in [6.07, 6.45) is 0. The number of hydrogen-bond donors (Lipinski definition) is 1. The molecule has 70 valence electrons. The number of aromatic hydroxyl groups is 1. The Kier molecular flexibility index (Phi) is 1.89. The third kappa shape index (κ3) is 1.31. The van der Waals surface area contributed by atoms with Crippen molar-refractivity contribution in [1.82, 2.24) is 4.98 Å². The monoisotopic (exact) mass is 191 g/mol. The van der Waals surface area contributed by atoms with Crippen molar-refractivity contribution in [3.8, 4) is 5.88 Å². The van der Waals surface area contributed by atoms with E-state index in [-0.39, 0.29) is 11.4 Å². The van der Waals surface area contributed by atoms with Crippen LogP contribution in [0.4, 0.5) is 4.39 Å². The second kappa shape index (κ2) is 3.06. The summed E-state index contributed by atoms with van der Waals surface area (Å²) in [6, 6.07) is 5.99. The lowest BCUT2D eigenvalue weighted by Crippen LogP contribution is -1.93. The lowest BCUT2D eigenvalue weighted by Gasteiger charge is -2.01. The molecule has 0 aliphatic carbocycles. The number of pyridine rings is 1. The van der Waals surface area contributed by atoms with Crippen LogP contribution in [-0.4, -0.2) is 16.1 Å². The molecular weight excluding hydrogens is 185 g/mol. The Morgan fingerprint density at radius 2 is 2.07 bits per heavy atom. The molecule has 0 saturated carbocycles. The van der Waals surface area contributed by atoms with Gasteiger partial charge in [0.2, 0.25) is 5.88 Å². The first kappa shape index (κ1) is 8.62. The molecule has 0 unspecified atom stereocenters. The molecule has 1 aromatic heterocycles. The van der Waals surface area contributed by atoms with Crippen molar-refractivity contribution in [2.75, 3.05) is 0 Å². The maximum absolute atomic E-state index is 12.6. The van der Waals surface area contributed by atoms with Crippen LogP contribution in [0.25, 0.3) is 10.9 Å². The Morgan fingerprint density at radius 3 is 2.79 bits per heavy atom. The molecule has 2 rings (SSSR count). The molecule has 0 aliphatic heterocycles. The number of halogens is 1. The van der Waals surface area contributed by atoms with E-state index in [9.17, 15) is 9.18 Å². The summed E-state index contributed by atoms with van der Waals surface area (Å²) >= 11 is 0. The Labute approximate surface area is 78.8 Å². The number of carbonyl (C=O) groups excluding carboxylic acids is 1. The average molecular weight is 191 g/mol. The number of nitrogens with zero attached hydrogens (tertiary/aromatic N) is 1. The standard InChI is InChI=1S/C10H6FNO2/c11-10(14)7-5-9(13)12-8-4-2-1-3-6(7)8/h1-5H,(H,12,13). The number of hydrogen-bond acceptors (Lipinski definition) is 3. The van der Waals surface area contributed by atoms with Crippen LogP contribution in [0.1, 0.15) is 10.4 Å². The minimum atomic E-state index is -1.57. The summed E-state index contributed by atoms with van der Waals surface area (Å²) in [5.74, 6) is -0.357. The molecule has 0 saturated heterocycles. The summed E-state index contributed by atoms with van der Waals surface area (Å²) in [6.45, 7) is 0. The molecule has 3 nitrogen and oxygen atoms in total. The van der Waals surface area contributed by atoms with Gasteiger partial charge in [-0.1, -0.05) is 18.2 Å². The van der Waals surface area contributed by atoms with Crippen molar-refractivity contribution >= 4 is 16.9 Å². The SMILES string of the molecule is O=C(F)c1cc(O)nc2ccccc12. The van der Waals surface area contributed by atoms with E-state index in [2.05, 4.69) is 4.98 Å². The van der Waals surface area contributed by atoms with Crippen molar-refractivity contribution in [3.63, 3.8) is 0 Å². The van der Waals surface area contributed by atoms with Crippen LogP contribution in [0.5, 0.6) is 5.88 Å². The summed E-state index contributed by atoms with van der Waals surface area (Å²) in [7, 11) is 0. The van der Waals surface area contributed by atoms with Gasteiger partial charge < -0.3 is 5.11 Å². The fraction of sp³-hybridized carbons (Fsp3) is 0. The first-order valence-electron chi connectivity index (χ1n) is 3.97. The van der Waals surface area contributed by atoms with Gasteiger partial charge in [-0.3, -0.25) is 4.79 Å². The summed E-state index contributed by atoms with van der Waals surface area (Å²) in [5.41, 5.74) is 0.238. The summed E-state index contributed by atoms with van der Waals surface area (Å²) in [5, 5.41) is 9.53. The molecule has 0 bridgehead atoms. The molecular formula is C10H6FNO2. The normalized spacial score (nSPS) is 10.4. The third-order valence-electron chi connectivity index (χ3n) is 1.91. The lowest BCUT2D eigenvalue weighted by atomic mass is 10.1. The smallest absolute Gasteiger partial charge is 0.333 e. The van der Waals surface area contributed by atoms with E-state index in [1.165, 1.54) is 0 Å². The maximum Gasteiger partial charge on any atom is 0.333 e. The highest BCUT2D eigenvalue weighted by Gasteiger charge is 2.11. The van der Waals surface area contributed by atoms with E-state index in [4.69, 9.17) is 5.11 Å². The molecule has 0 atom stereocenters. The Balaban J connectivity index is 2.87. The van der Waals surface area contributed by atoms with Crippen LogP contribution in [0, 0.1) is 0 Å². The second-order valence-electron chi connectivity index (χ2n) is 2.82. The van der Waals surface area contributed by atoms with Crippen LogP contribution in [-0.2, 0) is 0 Å². The lowest BCUT2D eigenvalue weighted by molar-refractivity contribution is 0.0837. The highest BCUT2D eigenvalue weighted by atomic mass is 19.1. The van der Waals surface area contributed by atoms with Gasteiger partial charge in [0.05, 0.1) is 11.1 Å². The molecule has 1 N–H and O–H groups in total. The summed E-state index contributed by atoms with van der Waals surface area (Å²) in [4.78, 5) is 14.4. The molecule has 0 amide bonds. The molecule has 0 fully saturated rings. The highest BCUT2D eigenvalue weighted by molar-refractivity contribution is 6.03. The van der Waals surface area contributed by atoms with Crippen LogP contribution >= 0.6 is 0 Å². The first-order chi connectivity index (χ1) is 6.68. The van der Waals surface area contributed by atoms with Gasteiger partial charge in [-0.25, -0.2) is 4.98 Å². The topological polar surface area (TPSA) is 50.2 Å². The predicted molar refractivity (Wildman–Crippen MR) is 48.8 cm³/mol. The zero-order valence-electron chi connectivity index (χ0n) is 7.07. The minimum absolute atomic E-state index is 0.159. The zero-order valence-corrected chi connectivity index (χ0v) is 7.07. The highest BCUT2D eigenvalue weighted by Crippen LogP contribution is 2.21. The van der Waals surface area contributed by atoms with E-state index in [0.717, 1.165) is 6.07 Å². The first-order valence-corrected chi connectivity index (χ1v) is 3.97. The molecule has 0 aliphatic rings. The molecule has 1 aromatic carbocycles. The maximum atomic E-state index is 12.6. The van der Waals surface area contributed by atoms with E-state index in [1.807, 2.05) is 0 Å². The van der Waals surface area contributed by atoms with Crippen LogP contribution in [0.2, 0.25) is 0 Å². The minimum Gasteiger partial charge on any atom is -0.493 e. The summed E-state index contributed by atoms with van der Waals surface area (Å²) < 4.78 is 12.6. The van der Waals surface area contributed by atoms with Gasteiger partial charge in [-0.2, -0.15) is 4.39 Å². The van der Waals surface area contributed by atoms with Crippen molar-refractivity contribution in [3.05, 3.63) is 35.9 Å². The molecule has 0 radical (unpaired) electrons. The van der Waals surface area contributed by atoms with Gasteiger partial charge in [-0.15, -0.1) is 0 Å². The van der Waals surface area contributed by atoms with Gasteiger partial charge in [0.15, 0.2) is 0 Å². The van der Waals surface area contributed by atoms with Crippen LogP contribution < -0.4 is 0 Å².